The second-order valence-corrected chi connectivity index (χ2v) is 6.10. The molecule has 3 rings (SSSR count). The van der Waals surface area contributed by atoms with Crippen LogP contribution in [0.4, 0.5) is 11.4 Å². The van der Waals surface area contributed by atoms with Gasteiger partial charge in [-0.3, -0.25) is 15.0 Å². The second-order valence-electron chi connectivity index (χ2n) is 5.69. The summed E-state index contributed by atoms with van der Waals surface area (Å²) in [6.07, 6.45) is 0. The van der Waals surface area contributed by atoms with Crippen molar-refractivity contribution in [2.24, 2.45) is 0 Å². The van der Waals surface area contributed by atoms with E-state index in [1.165, 1.54) is 0 Å². The summed E-state index contributed by atoms with van der Waals surface area (Å²) in [5.41, 5.74) is 1.90. The number of hydrogen-bond acceptors (Lipinski definition) is 5. The number of nitro groups is 1. The van der Waals surface area contributed by atoms with Gasteiger partial charge < -0.3 is 10.2 Å². The highest BCUT2D eigenvalue weighted by atomic mass is 35.5. The molecule has 0 aliphatic carbocycles. The Balaban J connectivity index is 1.69. The van der Waals surface area contributed by atoms with Crippen LogP contribution in [0.2, 0.25) is 5.02 Å². The lowest BCUT2D eigenvalue weighted by Gasteiger charge is -2.48. The van der Waals surface area contributed by atoms with Crippen molar-refractivity contribution in [1.29, 1.82) is 0 Å². The van der Waals surface area contributed by atoms with Crippen molar-refractivity contribution < 1.29 is 4.92 Å². The van der Waals surface area contributed by atoms with Gasteiger partial charge in [0.1, 0.15) is 5.02 Å². The summed E-state index contributed by atoms with van der Waals surface area (Å²) in [6, 6.07) is 3.87. The van der Waals surface area contributed by atoms with Crippen LogP contribution in [0.3, 0.4) is 0 Å². The number of piperazine rings is 1. The molecule has 2 fully saturated rings. The van der Waals surface area contributed by atoms with Crippen LogP contribution in [-0.2, 0) is 0 Å². The maximum absolute atomic E-state index is 10.9. The minimum atomic E-state index is -0.432. The highest BCUT2D eigenvalue weighted by Crippen LogP contribution is 2.35. The number of rotatable bonds is 3. The molecule has 1 aromatic rings. The van der Waals surface area contributed by atoms with Crippen LogP contribution in [0.15, 0.2) is 12.1 Å². The second kappa shape index (κ2) is 5.79. The third-order valence-electron chi connectivity index (χ3n) is 4.33. The van der Waals surface area contributed by atoms with Crippen LogP contribution >= 0.6 is 11.6 Å². The monoisotopic (exact) mass is 310 g/mol. The van der Waals surface area contributed by atoms with E-state index in [0.717, 1.165) is 50.5 Å². The van der Waals surface area contributed by atoms with Crippen molar-refractivity contribution in [1.82, 2.24) is 10.2 Å². The lowest BCUT2D eigenvalue weighted by atomic mass is 10.0. The van der Waals surface area contributed by atoms with Gasteiger partial charge in [0.15, 0.2) is 0 Å². The van der Waals surface area contributed by atoms with E-state index in [4.69, 9.17) is 11.6 Å². The molecule has 0 amide bonds. The third kappa shape index (κ3) is 2.84. The Morgan fingerprint density at radius 2 is 2.00 bits per heavy atom. The Bertz CT molecular complexity index is 554. The number of halogens is 1. The summed E-state index contributed by atoms with van der Waals surface area (Å²) >= 11 is 6.02. The minimum Gasteiger partial charge on any atom is -0.368 e. The molecule has 6 nitrogen and oxygen atoms in total. The van der Waals surface area contributed by atoms with Gasteiger partial charge in [0.2, 0.25) is 0 Å². The Morgan fingerprint density at radius 3 is 2.62 bits per heavy atom. The fraction of sp³-hybridized carbons (Fsp3) is 0.571. The van der Waals surface area contributed by atoms with E-state index in [1.807, 2.05) is 6.92 Å². The molecule has 1 N–H and O–H groups in total. The molecule has 2 saturated heterocycles. The number of anilines is 1. The molecule has 0 spiro atoms. The molecular formula is C14H19ClN4O2. The average molecular weight is 311 g/mol. The molecule has 0 aromatic heterocycles. The summed E-state index contributed by atoms with van der Waals surface area (Å²) in [4.78, 5) is 15.2. The standard InChI is InChI=1S/C14H19ClN4O2/c1-10-6-14(19(20)21)12(15)7-13(10)18-8-11(9-18)17-4-2-16-3-5-17/h6-7,11,16H,2-5,8-9H2,1H3. The summed E-state index contributed by atoms with van der Waals surface area (Å²) < 4.78 is 0. The normalized spacial score (nSPS) is 20.4. The number of nitrogens with one attached hydrogen (secondary N) is 1. The Hall–Kier alpha value is -1.37. The van der Waals surface area contributed by atoms with Crippen LogP contribution in [0.25, 0.3) is 0 Å². The maximum Gasteiger partial charge on any atom is 0.288 e. The Labute approximate surface area is 128 Å². The quantitative estimate of drug-likeness (QED) is 0.679. The molecule has 2 heterocycles. The molecule has 114 valence electrons. The molecule has 0 unspecified atom stereocenters. The summed E-state index contributed by atoms with van der Waals surface area (Å²) in [6.45, 7) is 8.13. The molecule has 0 bridgehead atoms. The van der Waals surface area contributed by atoms with Gasteiger partial charge in [-0.25, -0.2) is 0 Å². The van der Waals surface area contributed by atoms with Crippen LogP contribution in [0.5, 0.6) is 0 Å². The minimum absolute atomic E-state index is 0.0166. The van der Waals surface area contributed by atoms with Gasteiger partial charge in [0.05, 0.1) is 4.92 Å². The van der Waals surface area contributed by atoms with E-state index in [9.17, 15) is 10.1 Å². The molecule has 7 heteroatoms. The molecular weight excluding hydrogens is 292 g/mol. The molecule has 0 radical (unpaired) electrons. The molecule has 21 heavy (non-hydrogen) atoms. The predicted octanol–water partition coefficient (Wildman–Crippen LogP) is 1.65. The van der Waals surface area contributed by atoms with Crippen molar-refractivity contribution in [3.05, 3.63) is 32.8 Å². The maximum atomic E-state index is 10.9. The molecule has 0 saturated carbocycles. The molecule has 1 aromatic carbocycles. The van der Waals surface area contributed by atoms with Crippen molar-refractivity contribution >= 4 is 23.0 Å². The zero-order chi connectivity index (χ0) is 15.0. The van der Waals surface area contributed by atoms with E-state index in [1.54, 1.807) is 12.1 Å². The average Bonchev–Trinajstić information content (AvgIpc) is 2.41. The fourth-order valence-corrected chi connectivity index (χ4v) is 3.29. The lowest BCUT2D eigenvalue weighted by Crippen LogP contribution is -2.63. The molecule has 0 atom stereocenters. The lowest BCUT2D eigenvalue weighted by molar-refractivity contribution is -0.384. The van der Waals surface area contributed by atoms with E-state index in [-0.39, 0.29) is 10.7 Å². The van der Waals surface area contributed by atoms with E-state index < -0.39 is 4.92 Å². The van der Waals surface area contributed by atoms with Gasteiger partial charge in [-0.05, 0) is 18.6 Å². The third-order valence-corrected chi connectivity index (χ3v) is 4.64. The number of benzene rings is 1. The summed E-state index contributed by atoms with van der Waals surface area (Å²) in [5, 5.41) is 14.5. The van der Waals surface area contributed by atoms with Gasteiger partial charge >= 0.3 is 0 Å². The fourth-order valence-electron chi connectivity index (χ4n) is 3.07. The van der Waals surface area contributed by atoms with Crippen LogP contribution in [0.1, 0.15) is 5.56 Å². The van der Waals surface area contributed by atoms with E-state index >= 15 is 0 Å². The van der Waals surface area contributed by atoms with Crippen LogP contribution < -0.4 is 10.2 Å². The Kier molecular flexibility index (Phi) is 4.01. The van der Waals surface area contributed by atoms with Crippen molar-refractivity contribution in [3.8, 4) is 0 Å². The Morgan fingerprint density at radius 1 is 1.33 bits per heavy atom. The predicted molar refractivity (Wildman–Crippen MR) is 83.3 cm³/mol. The van der Waals surface area contributed by atoms with Gasteiger partial charge in [0, 0.05) is 57.1 Å². The summed E-state index contributed by atoms with van der Waals surface area (Å²) in [5.74, 6) is 0. The van der Waals surface area contributed by atoms with E-state index in [0.29, 0.717) is 6.04 Å². The number of nitrogens with zero attached hydrogens (tertiary/aromatic N) is 3. The molecule has 2 aliphatic heterocycles. The zero-order valence-electron chi connectivity index (χ0n) is 12.0. The highest BCUT2D eigenvalue weighted by Gasteiger charge is 2.33. The first-order chi connectivity index (χ1) is 10.1. The SMILES string of the molecule is Cc1cc([N+](=O)[O-])c(Cl)cc1N1CC(N2CCNCC2)C1. The van der Waals surface area contributed by atoms with Gasteiger partial charge in [-0.1, -0.05) is 11.6 Å². The van der Waals surface area contributed by atoms with Crippen LogP contribution in [0, 0.1) is 17.0 Å². The number of nitro benzene ring substituents is 1. The van der Waals surface area contributed by atoms with Gasteiger partial charge in [-0.15, -0.1) is 0 Å². The van der Waals surface area contributed by atoms with Crippen molar-refractivity contribution in [2.75, 3.05) is 44.2 Å². The summed E-state index contributed by atoms with van der Waals surface area (Å²) in [7, 11) is 0. The highest BCUT2D eigenvalue weighted by molar-refractivity contribution is 6.33. The molecule has 2 aliphatic rings. The number of aryl methyl sites for hydroxylation is 1. The first-order valence-corrected chi connectivity index (χ1v) is 7.58. The zero-order valence-corrected chi connectivity index (χ0v) is 12.8. The van der Waals surface area contributed by atoms with Crippen molar-refractivity contribution in [3.63, 3.8) is 0 Å². The van der Waals surface area contributed by atoms with Gasteiger partial charge in [0.25, 0.3) is 5.69 Å². The number of hydrogen-bond donors (Lipinski definition) is 1. The van der Waals surface area contributed by atoms with E-state index in [2.05, 4.69) is 15.1 Å². The largest absolute Gasteiger partial charge is 0.368 e. The smallest absolute Gasteiger partial charge is 0.288 e. The van der Waals surface area contributed by atoms with Crippen molar-refractivity contribution in [2.45, 2.75) is 13.0 Å². The topological polar surface area (TPSA) is 61.7 Å². The first-order valence-electron chi connectivity index (χ1n) is 7.20. The first kappa shape index (κ1) is 14.6. The van der Waals surface area contributed by atoms with Gasteiger partial charge in [-0.2, -0.15) is 0 Å². The van der Waals surface area contributed by atoms with Crippen LogP contribution in [-0.4, -0.2) is 55.1 Å².